The summed E-state index contributed by atoms with van der Waals surface area (Å²) in [6.45, 7) is 4.51. The Morgan fingerprint density at radius 3 is 2.58 bits per heavy atom. The molecule has 1 aliphatic heterocycles. The molecule has 3 heterocycles. The molecule has 0 unspecified atom stereocenters. The number of morpholine rings is 1. The summed E-state index contributed by atoms with van der Waals surface area (Å²) in [6.07, 6.45) is 1.34. The Labute approximate surface area is 206 Å². The minimum Gasteiger partial charge on any atom is -0.493 e. The zero-order chi connectivity index (χ0) is 24.9. The van der Waals surface area contributed by atoms with E-state index in [9.17, 15) is 4.79 Å². The monoisotopic (exact) mass is 493 g/mol. The summed E-state index contributed by atoms with van der Waals surface area (Å²) in [6, 6.07) is 10.9. The highest BCUT2D eigenvalue weighted by atomic mass is 16.5. The third kappa shape index (κ3) is 4.95. The highest BCUT2D eigenvalue weighted by molar-refractivity contribution is 5.76. The maximum atomic E-state index is 12.5. The Morgan fingerprint density at radius 1 is 1.08 bits per heavy atom. The van der Waals surface area contributed by atoms with Crippen molar-refractivity contribution in [2.24, 2.45) is 0 Å². The lowest BCUT2D eigenvalue weighted by Crippen LogP contribution is -2.38. The number of fused-ring (bicyclic) bond motifs is 1. The van der Waals surface area contributed by atoms with Gasteiger partial charge in [-0.25, -0.2) is 19.3 Å². The fourth-order valence-electron chi connectivity index (χ4n) is 4.03. The van der Waals surface area contributed by atoms with E-state index in [1.165, 1.54) is 10.9 Å². The first-order valence-corrected chi connectivity index (χ1v) is 11.5. The number of para-hydroxylation sites is 2. The topological polar surface area (TPSA) is 129 Å². The van der Waals surface area contributed by atoms with Crippen LogP contribution in [0.15, 0.2) is 47.5 Å². The van der Waals surface area contributed by atoms with Gasteiger partial charge in [0, 0.05) is 37.5 Å². The van der Waals surface area contributed by atoms with Crippen molar-refractivity contribution < 1.29 is 18.9 Å². The van der Waals surface area contributed by atoms with Crippen LogP contribution in [0.25, 0.3) is 17.0 Å². The van der Waals surface area contributed by atoms with Gasteiger partial charge in [0.25, 0.3) is 0 Å². The van der Waals surface area contributed by atoms with E-state index < -0.39 is 0 Å². The first kappa shape index (κ1) is 23.6. The fourth-order valence-corrected chi connectivity index (χ4v) is 4.03. The molecule has 0 amide bonds. The van der Waals surface area contributed by atoms with Crippen LogP contribution < -0.4 is 25.2 Å². The average molecular weight is 494 g/mol. The van der Waals surface area contributed by atoms with E-state index in [-0.39, 0.29) is 17.6 Å². The number of methoxy groups -OCH3 is 2. The van der Waals surface area contributed by atoms with Crippen LogP contribution in [0, 0.1) is 0 Å². The molecule has 0 bridgehead atoms. The number of hydrogen-bond donors (Lipinski definition) is 2. The van der Waals surface area contributed by atoms with Crippen molar-refractivity contribution in [3.05, 3.63) is 53.2 Å². The van der Waals surface area contributed by atoms with E-state index in [2.05, 4.69) is 30.2 Å². The van der Waals surface area contributed by atoms with Gasteiger partial charge in [0.15, 0.2) is 11.5 Å². The van der Waals surface area contributed by atoms with E-state index in [0.29, 0.717) is 40.6 Å². The van der Waals surface area contributed by atoms with Crippen molar-refractivity contribution in [2.45, 2.75) is 0 Å². The second-order valence-electron chi connectivity index (χ2n) is 8.03. The maximum absolute atomic E-state index is 12.5. The largest absolute Gasteiger partial charge is 0.493 e. The molecule has 0 radical (unpaired) electrons. The van der Waals surface area contributed by atoms with E-state index in [1.54, 1.807) is 26.4 Å². The van der Waals surface area contributed by atoms with E-state index >= 15 is 0 Å². The molecule has 2 N–H and O–H groups in total. The number of anilines is 2. The van der Waals surface area contributed by atoms with Gasteiger partial charge in [-0.3, -0.25) is 4.90 Å². The van der Waals surface area contributed by atoms with Gasteiger partial charge >= 0.3 is 5.69 Å². The van der Waals surface area contributed by atoms with Crippen molar-refractivity contribution in [1.29, 1.82) is 0 Å². The van der Waals surface area contributed by atoms with Crippen LogP contribution in [0.5, 0.6) is 17.2 Å². The Balaban J connectivity index is 1.37. The summed E-state index contributed by atoms with van der Waals surface area (Å²) in [4.78, 5) is 30.4. The molecule has 0 spiro atoms. The van der Waals surface area contributed by atoms with Gasteiger partial charge in [-0.2, -0.15) is 4.98 Å². The van der Waals surface area contributed by atoms with Gasteiger partial charge in [-0.05, 0) is 12.1 Å². The molecule has 0 aliphatic carbocycles. The molecule has 0 atom stereocenters. The van der Waals surface area contributed by atoms with Crippen molar-refractivity contribution in [3.63, 3.8) is 0 Å². The number of rotatable bonds is 9. The minimum absolute atomic E-state index is 0.192. The van der Waals surface area contributed by atoms with E-state index in [4.69, 9.17) is 18.9 Å². The minimum atomic E-state index is -0.338. The average Bonchev–Trinajstić information content (AvgIpc) is 3.25. The summed E-state index contributed by atoms with van der Waals surface area (Å²) in [5.74, 6) is 1.96. The van der Waals surface area contributed by atoms with Crippen LogP contribution in [0.4, 0.5) is 11.6 Å². The van der Waals surface area contributed by atoms with Gasteiger partial charge in [0.1, 0.15) is 12.9 Å². The van der Waals surface area contributed by atoms with Crippen molar-refractivity contribution in [2.75, 3.05) is 59.0 Å². The van der Waals surface area contributed by atoms with Gasteiger partial charge < -0.3 is 29.2 Å². The quantitative estimate of drug-likeness (QED) is 0.357. The van der Waals surface area contributed by atoms with Gasteiger partial charge in [-0.15, -0.1) is 0 Å². The maximum Gasteiger partial charge on any atom is 0.333 e. The number of benzene rings is 2. The first-order chi connectivity index (χ1) is 17.7. The highest BCUT2D eigenvalue weighted by Gasteiger charge is 2.17. The molecule has 1 fully saturated rings. The molecule has 188 valence electrons. The molecule has 1 saturated heterocycles. The SMILES string of the molecule is COc1cc(Nc2ncnc(-n3c(=O)[nH]c4ccccc43)n2)cc(OC)c1OCCN1CCOCC1. The van der Waals surface area contributed by atoms with Gasteiger partial charge in [-0.1, -0.05) is 12.1 Å². The number of nitrogens with one attached hydrogen (secondary N) is 2. The summed E-state index contributed by atoms with van der Waals surface area (Å²) in [7, 11) is 3.13. The van der Waals surface area contributed by atoms with Gasteiger partial charge in [0.05, 0.1) is 38.5 Å². The molecule has 12 nitrogen and oxygen atoms in total. The molecule has 1 aliphatic rings. The van der Waals surface area contributed by atoms with Crippen LogP contribution in [0.2, 0.25) is 0 Å². The smallest absolute Gasteiger partial charge is 0.333 e. The molecule has 5 rings (SSSR count). The Morgan fingerprint density at radius 2 is 1.83 bits per heavy atom. The Kier molecular flexibility index (Phi) is 6.96. The first-order valence-electron chi connectivity index (χ1n) is 11.5. The zero-order valence-corrected chi connectivity index (χ0v) is 20.1. The lowest BCUT2D eigenvalue weighted by Gasteiger charge is -2.26. The second-order valence-corrected chi connectivity index (χ2v) is 8.03. The summed E-state index contributed by atoms with van der Waals surface area (Å²) >= 11 is 0. The lowest BCUT2D eigenvalue weighted by molar-refractivity contribution is 0.0319. The number of aromatic nitrogens is 5. The van der Waals surface area contributed by atoms with Crippen LogP contribution in [0.1, 0.15) is 0 Å². The number of hydrogen-bond acceptors (Lipinski definition) is 10. The second kappa shape index (κ2) is 10.6. The van der Waals surface area contributed by atoms with Crippen LogP contribution in [-0.4, -0.2) is 83.1 Å². The highest BCUT2D eigenvalue weighted by Crippen LogP contribution is 2.40. The van der Waals surface area contributed by atoms with Crippen LogP contribution in [-0.2, 0) is 4.74 Å². The molecular formula is C24H27N7O5. The third-order valence-electron chi connectivity index (χ3n) is 5.82. The van der Waals surface area contributed by atoms with E-state index in [0.717, 1.165) is 32.8 Å². The molecule has 12 heteroatoms. The Bertz CT molecular complexity index is 1370. The third-order valence-corrected chi connectivity index (χ3v) is 5.82. The zero-order valence-electron chi connectivity index (χ0n) is 20.1. The molecule has 2 aromatic carbocycles. The van der Waals surface area contributed by atoms with Crippen molar-refractivity contribution >= 4 is 22.7 Å². The van der Waals surface area contributed by atoms with Crippen molar-refractivity contribution in [3.8, 4) is 23.2 Å². The Hall–Kier alpha value is -4.16. The summed E-state index contributed by atoms with van der Waals surface area (Å²) in [5.41, 5.74) is 1.64. The summed E-state index contributed by atoms with van der Waals surface area (Å²) in [5, 5.41) is 3.13. The number of aromatic amines is 1. The number of nitrogens with zero attached hydrogens (tertiary/aromatic N) is 5. The fraction of sp³-hybridized carbons (Fsp3) is 0.333. The molecular weight excluding hydrogens is 466 g/mol. The van der Waals surface area contributed by atoms with Crippen LogP contribution in [0.3, 0.4) is 0 Å². The predicted molar refractivity (Wildman–Crippen MR) is 133 cm³/mol. The molecule has 36 heavy (non-hydrogen) atoms. The molecule has 4 aromatic rings. The van der Waals surface area contributed by atoms with Gasteiger partial charge in [0.2, 0.25) is 17.6 Å². The molecule has 2 aromatic heterocycles. The number of ether oxygens (including phenoxy) is 4. The number of imidazole rings is 1. The standard InChI is InChI=1S/C24H27N7O5/c1-33-19-13-16(14-20(34-2)21(19)36-12-9-30-7-10-35-11-8-30)27-22-25-15-26-23(29-22)31-18-6-4-3-5-17(18)28-24(31)32/h3-6,13-15H,7-12H2,1-2H3,(H,28,32)(H,25,26,27,29). The van der Waals surface area contributed by atoms with Crippen molar-refractivity contribution in [1.82, 2.24) is 29.4 Å². The number of H-pyrrole nitrogens is 1. The lowest BCUT2D eigenvalue weighted by atomic mass is 10.2. The van der Waals surface area contributed by atoms with E-state index in [1.807, 2.05) is 24.3 Å². The predicted octanol–water partition coefficient (Wildman–Crippen LogP) is 1.98. The summed E-state index contributed by atoms with van der Waals surface area (Å²) < 4.78 is 24.0. The normalized spacial score (nSPS) is 14.1. The van der Waals surface area contributed by atoms with Crippen LogP contribution >= 0.6 is 0 Å². The molecule has 0 saturated carbocycles.